The Morgan fingerprint density at radius 3 is 2.74 bits per heavy atom. The summed E-state index contributed by atoms with van der Waals surface area (Å²) < 4.78 is 9.73. The van der Waals surface area contributed by atoms with E-state index >= 15 is 0 Å². The molecule has 0 spiro atoms. The van der Waals surface area contributed by atoms with Crippen molar-refractivity contribution in [2.45, 2.75) is 26.2 Å². The average Bonchev–Trinajstić information content (AvgIpc) is 3.18. The fraction of sp³-hybridized carbons (Fsp3) is 0.471. The molecule has 0 radical (unpaired) electrons. The number of nitrogens with zero attached hydrogens (tertiary/aromatic N) is 3. The Morgan fingerprint density at radius 2 is 2.09 bits per heavy atom. The number of aryl methyl sites for hydroxylation is 1. The van der Waals surface area contributed by atoms with E-state index in [9.17, 15) is 4.79 Å². The van der Waals surface area contributed by atoms with Gasteiger partial charge in [0.15, 0.2) is 0 Å². The van der Waals surface area contributed by atoms with Crippen molar-refractivity contribution in [2.24, 2.45) is 5.92 Å². The lowest BCUT2D eigenvalue weighted by Gasteiger charge is -2.13. The quantitative estimate of drug-likeness (QED) is 0.788. The number of methoxy groups -OCH3 is 1. The topological polar surface area (TPSA) is 68.5 Å². The van der Waals surface area contributed by atoms with Crippen LogP contribution in [0.5, 0.6) is 0 Å². The van der Waals surface area contributed by atoms with Crippen molar-refractivity contribution in [1.29, 1.82) is 0 Å². The van der Waals surface area contributed by atoms with Gasteiger partial charge < -0.3 is 14.2 Å². The first-order valence-electron chi connectivity index (χ1n) is 7.84. The van der Waals surface area contributed by atoms with E-state index < -0.39 is 0 Å². The van der Waals surface area contributed by atoms with Crippen LogP contribution >= 0.6 is 0 Å². The van der Waals surface area contributed by atoms with Crippen LogP contribution in [0.2, 0.25) is 0 Å². The maximum absolute atomic E-state index is 11.3. The maximum Gasteiger partial charge on any atom is 0.309 e. The fourth-order valence-electron chi connectivity index (χ4n) is 2.96. The zero-order chi connectivity index (χ0) is 16.2. The van der Waals surface area contributed by atoms with Gasteiger partial charge in [-0.25, -0.2) is 0 Å². The van der Waals surface area contributed by atoms with E-state index in [1.807, 2.05) is 12.1 Å². The third kappa shape index (κ3) is 3.88. The summed E-state index contributed by atoms with van der Waals surface area (Å²) >= 11 is 0. The van der Waals surface area contributed by atoms with Gasteiger partial charge in [0, 0.05) is 20.0 Å². The van der Waals surface area contributed by atoms with E-state index in [1.165, 1.54) is 12.7 Å². The summed E-state index contributed by atoms with van der Waals surface area (Å²) in [6.07, 6.45) is 2.47. The predicted octanol–water partition coefficient (Wildman–Crippen LogP) is 2.16. The van der Waals surface area contributed by atoms with Crippen LogP contribution < -0.4 is 4.90 Å². The zero-order valence-corrected chi connectivity index (χ0v) is 13.5. The Morgan fingerprint density at radius 1 is 1.35 bits per heavy atom. The Balaban J connectivity index is 1.55. The van der Waals surface area contributed by atoms with Gasteiger partial charge in [0.25, 0.3) is 5.95 Å². The fourth-order valence-corrected chi connectivity index (χ4v) is 2.96. The number of esters is 1. The molecular weight excluding hydrogens is 294 g/mol. The molecule has 1 aromatic carbocycles. The minimum absolute atomic E-state index is 0.209. The number of carbonyl (C=O) groups excluding carboxylic acids is 1. The number of ether oxygens (including phenoxy) is 1. The number of anilines is 1. The van der Waals surface area contributed by atoms with Gasteiger partial charge in [-0.2, -0.15) is 4.98 Å². The van der Waals surface area contributed by atoms with Crippen LogP contribution in [-0.4, -0.2) is 36.3 Å². The minimum Gasteiger partial charge on any atom is -0.469 e. The number of carbonyl (C=O) groups is 1. The Bertz CT molecular complexity index is 666. The molecule has 2 heterocycles. The Kier molecular flexibility index (Phi) is 4.60. The van der Waals surface area contributed by atoms with E-state index in [-0.39, 0.29) is 5.97 Å². The molecule has 23 heavy (non-hydrogen) atoms. The van der Waals surface area contributed by atoms with Crippen molar-refractivity contribution in [3.63, 3.8) is 0 Å². The molecule has 0 bridgehead atoms. The normalized spacial score (nSPS) is 17.5. The van der Waals surface area contributed by atoms with Gasteiger partial charge in [0.05, 0.1) is 13.5 Å². The molecular formula is C17H21N3O3. The Hall–Kier alpha value is -2.37. The molecule has 6 heteroatoms. The first-order chi connectivity index (χ1) is 11.1. The number of hydrogen-bond donors (Lipinski definition) is 0. The highest BCUT2D eigenvalue weighted by molar-refractivity contribution is 5.72. The molecule has 6 nitrogen and oxygen atoms in total. The molecule has 1 aromatic heterocycles. The van der Waals surface area contributed by atoms with Crippen molar-refractivity contribution in [1.82, 2.24) is 10.1 Å². The lowest BCUT2D eigenvalue weighted by atomic mass is 9.97. The molecule has 0 saturated carbocycles. The molecule has 3 rings (SSSR count). The van der Waals surface area contributed by atoms with Gasteiger partial charge in [0.2, 0.25) is 5.89 Å². The smallest absolute Gasteiger partial charge is 0.309 e. The summed E-state index contributed by atoms with van der Waals surface area (Å²) in [5, 5.41) is 3.98. The predicted molar refractivity (Wildman–Crippen MR) is 85.2 cm³/mol. The molecule has 1 saturated heterocycles. The van der Waals surface area contributed by atoms with E-state index in [0.29, 0.717) is 24.2 Å². The third-order valence-electron chi connectivity index (χ3n) is 4.21. The second kappa shape index (κ2) is 6.81. The number of rotatable bonds is 5. The second-order valence-electron chi connectivity index (χ2n) is 5.99. The summed E-state index contributed by atoms with van der Waals surface area (Å²) in [7, 11) is 1.41. The standard InChI is InChI=1S/C17H21N3O3/c1-12-18-17(19-23-12)20-8-7-15(11-20)9-13-3-5-14(6-4-13)10-16(21)22-2/h3-6,15H,7-11H2,1-2H3. The van der Waals surface area contributed by atoms with Gasteiger partial charge in [-0.15, -0.1) is 0 Å². The summed E-state index contributed by atoms with van der Waals surface area (Å²) in [6.45, 7) is 3.72. The molecule has 1 fully saturated rings. The summed E-state index contributed by atoms with van der Waals surface area (Å²) in [5.41, 5.74) is 2.27. The van der Waals surface area contributed by atoms with Crippen LogP contribution in [-0.2, 0) is 22.4 Å². The maximum atomic E-state index is 11.3. The van der Waals surface area contributed by atoms with Gasteiger partial charge in [0.1, 0.15) is 0 Å². The van der Waals surface area contributed by atoms with Crippen molar-refractivity contribution in [2.75, 3.05) is 25.1 Å². The van der Waals surface area contributed by atoms with Gasteiger partial charge >= 0.3 is 5.97 Å². The van der Waals surface area contributed by atoms with E-state index in [0.717, 1.165) is 31.5 Å². The molecule has 0 aliphatic carbocycles. The largest absolute Gasteiger partial charge is 0.469 e. The Labute approximate surface area is 135 Å². The number of aromatic nitrogens is 2. The van der Waals surface area contributed by atoms with Gasteiger partial charge in [-0.05, 0) is 35.0 Å². The summed E-state index contributed by atoms with van der Waals surface area (Å²) in [5.74, 6) is 1.67. The molecule has 0 amide bonds. The van der Waals surface area contributed by atoms with Gasteiger partial charge in [-0.3, -0.25) is 4.79 Å². The van der Waals surface area contributed by atoms with E-state index in [2.05, 4.69) is 31.9 Å². The van der Waals surface area contributed by atoms with Crippen molar-refractivity contribution < 1.29 is 14.1 Å². The van der Waals surface area contributed by atoms with Crippen LogP contribution in [0.3, 0.4) is 0 Å². The van der Waals surface area contributed by atoms with Crippen LogP contribution in [0.1, 0.15) is 23.4 Å². The van der Waals surface area contributed by atoms with Crippen LogP contribution in [0, 0.1) is 12.8 Å². The SMILES string of the molecule is COC(=O)Cc1ccc(CC2CCN(c3noc(C)n3)C2)cc1. The van der Waals surface area contributed by atoms with Crippen molar-refractivity contribution >= 4 is 11.9 Å². The number of hydrogen-bond acceptors (Lipinski definition) is 6. The minimum atomic E-state index is -0.209. The highest BCUT2D eigenvalue weighted by atomic mass is 16.5. The van der Waals surface area contributed by atoms with E-state index in [4.69, 9.17) is 4.52 Å². The second-order valence-corrected chi connectivity index (χ2v) is 5.99. The molecule has 2 aromatic rings. The number of benzene rings is 1. The monoisotopic (exact) mass is 315 g/mol. The highest BCUT2D eigenvalue weighted by Gasteiger charge is 2.25. The lowest BCUT2D eigenvalue weighted by molar-refractivity contribution is -0.139. The highest BCUT2D eigenvalue weighted by Crippen LogP contribution is 2.24. The molecule has 1 unspecified atom stereocenters. The van der Waals surface area contributed by atoms with Crippen LogP contribution in [0.25, 0.3) is 0 Å². The van der Waals surface area contributed by atoms with Crippen LogP contribution in [0.15, 0.2) is 28.8 Å². The lowest BCUT2D eigenvalue weighted by Crippen LogP contribution is -2.21. The molecule has 122 valence electrons. The molecule has 0 N–H and O–H groups in total. The third-order valence-corrected chi connectivity index (χ3v) is 4.21. The van der Waals surface area contributed by atoms with Gasteiger partial charge in [-0.1, -0.05) is 24.3 Å². The average molecular weight is 315 g/mol. The van der Waals surface area contributed by atoms with Crippen LogP contribution in [0.4, 0.5) is 5.95 Å². The first kappa shape index (κ1) is 15.5. The molecule has 1 aliphatic rings. The van der Waals surface area contributed by atoms with E-state index in [1.54, 1.807) is 6.92 Å². The molecule has 1 atom stereocenters. The zero-order valence-electron chi connectivity index (χ0n) is 13.5. The first-order valence-corrected chi connectivity index (χ1v) is 7.84. The van der Waals surface area contributed by atoms with Crippen molar-refractivity contribution in [3.8, 4) is 0 Å². The molecule has 1 aliphatic heterocycles. The summed E-state index contributed by atoms with van der Waals surface area (Å²) in [6, 6.07) is 8.20. The van der Waals surface area contributed by atoms with Crippen molar-refractivity contribution in [3.05, 3.63) is 41.3 Å². The summed E-state index contributed by atoms with van der Waals surface area (Å²) in [4.78, 5) is 17.7.